The van der Waals surface area contributed by atoms with E-state index in [2.05, 4.69) is 10.6 Å². The fourth-order valence-electron chi connectivity index (χ4n) is 1.95. The second-order valence-electron chi connectivity index (χ2n) is 8.63. The monoisotopic (exact) mass is 374 g/mol. The molecule has 0 aliphatic carbocycles. The Labute approximate surface area is 156 Å². The Bertz CT molecular complexity index is 503. The molecule has 0 rings (SSSR count). The average molecular weight is 374 g/mol. The summed E-state index contributed by atoms with van der Waals surface area (Å²) in [6, 6.07) is -2.18. The molecule has 8 heteroatoms. The van der Waals surface area contributed by atoms with Crippen molar-refractivity contribution in [3.05, 3.63) is 0 Å². The molecular formula is C18H34N2O6. The lowest BCUT2D eigenvalue weighted by Gasteiger charge is -2.29. The Kier molecular flexibility index (Phi) is 8.56. The van der Waals surface area contributed by atoms with Crippen molar-refractivity contribution in [1.82, 2.24) is 10.6 Å². The largest absolute Gasteiger partial charge is 0.458 e. The van der Waals surface area contributed by atoms with Crippen molar-refractivity contribution < 1.29 is 29.0 Å². The van der Waals surface area contributed by atoms with Crippen LogP contribution in [-0.4, -0.2) is 52.5 Å². The summed E-state index contributed by atoms with van der Waals surface area (Å²) in [5, 5.41) is 14.7. The first kappa shape index (κ1) is 24.2. The van der Waals surface area contributed by atoms with Crippen molar-refractivity contribution in [2.75, 3.05) is 0 Å². The fourth-order valence-corrected chi connectivity index (χ4v) is 1.95. The Balaban J connectivity index is 5.16. The highest BCUT2D eigenvalue weighted by atomic mass is 16.6. The Hall–Kier alpha value is -1.83. The van der Waals surface area contributed by atoms with Crippen LogP contribution < -0.4 is 10.6 Å². The smallest absolute Gasteiger partial charge is 0.408 e. The summed E-state index contributed by atoms with van der Waals surface area (Å²) in [6.07, 6.45) is -2.02. The van der Waals surface area contributed by atoms with Crippen LogP contribution in [0, 0.1) is 5.92 Å². The number of rotatable bonds is 6. The molecule has 0 saturated heterocycles. The number of hydrogen-bond donors (Lipinski definition) is 3. The highest BCUT2D eigenvalue weighted by Gasteiger charge is 2.34. The van der Waals surface area contributed by atoms with E-state index in [0.717, 1.165) is 0 Å². The van der Waals surface area contributed by atoms with E-state index in [1.807, 2.05) is 0 Å². The van der Waals surface area contributed by atoms with E-state index in [0.29, 0.717) is 0 Å². The molecule has 152 valence electrons. The van der Waals surface area contributed by atoms with E-state index in [-0.39, 0.29) is 5.92 Å². The number of carbonyl (C=O) groups excluding carboxylic acids is 3. The minimum Gasteiger partial charge on any atom is -0.458 e. The Morgan fingerprint density at radius 2 is 1.27 bits per heavy atom. The summed E-state index contributed by atoms with van der Waals surface area (Å²) in [5.74, 6) is -1.53. The number of hydrogen-bond acceptors (Lipinski definition) is 6. The normalized spacial score (nSPS) is 15.7. The summed E-state index contributed by atoms with van der Waals surface area (Å²) in [7, 11) is 0. The minimum atomic E-state index is -1.27. The highest BCUT2D eigenvalue weighted by molar-refractivity contribution is 5.90. The summed E-state index contributed by atoms with van der Waals surface area (Å²) in [6.45, 7) is 15.1. The molecule has 0 bridgehead atoms. The fraction of sp³-hybridized carbons (Fsp3) is 0.833. The van der Waals surface area contributed by atoms with Gasteiger partial charge in [0, 0.05) is 0 Å². The van der Waals surface area contributed by atoms with E-state index in [1.165, 1.54) is 6.92 Å². The van der Waals surface area contributed by atoms with Gasteiger partial charge in [-0.25, -0.2) is 9.59 Å². The minimum absolute atomic E-state index is 0.245. The van der Waals surface area contributed by atoms with Gasteiger partial charge in [0.2, 0.25) is 5.91 Å². The van der Waals surface area contributed by atoms with E-state index in [1.54, 1.807) is 55.4 Å². The highest BCUT2D eigenvalue weighted by Crippen LogP contribution is 2.13. The zero-order valence-electron chi connectivity index (χ0n) is 17.3. The maximum atomic E-state index is 12.5. The molecule has 0 aromatic rings. The van der Waals surface area contributed by atoms with Gasteiger partial charge in [-0.05, 0) is 54.4 Å². The van der Waals surface area contributed by atoms with Crippen molar-refractivity contribution in [1.29, 1.82) is 0 Å². The van der Waals surface area contributed by atoms with E-state index in [4.69, 9.17) is 9.47 Å². The molecule has 0 saturated carbocycles. The third-order valence-corrected chi connectivity index (χ3v) is 3.06. The number of aliphatic hydroxyl groups is 1. The van der Waals surface area contributed by atoms with Crippen molar-refractivity contribution in [3.8, 4) is 0 Å². The van der Waals surface area contributed by atoms with Gasteiger partial charge >= 0.3 is 12.1 Å². The molecule has 0 spiro atoms. The quantitative estimate of drug-likeness (QED) is 0.610. The van der Waals surface area contributed by atoms with Gasteiger partial charge < -0.3 is 25.2 Å². The zero-order chi connectivity index (χ0) is 20.9. The number of amides is 2. The Morgan fingerprint density at radius 1 is 0.808 bits per heavy atom. The molecule has 0 aromatic carbocycles. The van der Waals surface area contributed by atoms with Crippen LogP contribution in [0.1, 0.15) is 62.3 Å². The third-order valence-electron chi connectivity index (χ3n) is 3.06. The Morgan fingerprint density at radius 3 is 1.62 bits per heavy atom. The van der Waals surface area contributed by atoms with Gasteiger partial charge in [-0.2, -0.15) is 0 Å². The van der Waals surface area contributed by atoms with Gasteiger partial charge in [0.25, 0.3) is 0 Å². The molecule has 3 atom stereocenters. The lowest BCUT2D eigenvalue weighted by molar-refractivity contribution is -0.160. The van der Waals surface area contributed by atoms with Crippen LogP contribution in [0.2, 0.25) is 0 Å². The van der Waals surface area contributed by atoms with Crippen LogP contribution in [0.15, 0.2) is 0 Å². The van der Waals surface area contributed by atoms with Crippen LogP contribution >= 0.6 is 0 Å². The molecule has 8 nitrogen and oxygen atoms in total. The number of alkyl carbamates (subject to hydrolysis) is 1. The van der Waals surface area contributed by atoms with Gasteiger partial charge in [0.1, 0.15) is 23.3 Å². The molecule has 0 aliphatic heterocycles. The first-order valence-electron chi connectivity index (χ1n) is 8.74. The number of ether oxygens (including phenoxy) is 2. The van der Waals surface area contributed by atoms with Crippen molar-refractivity contribution in [2.45, 2.75) is 91.7 Å². The molecule has 3 N–H and O–H groups in total. The van der Waals surface area contributed by atoms with Crippen LogP contribution in [0.3, 0.4) is 0 Å². The molecular weight excluding hydrogens is 340 g/mol. The lowest BCUT2D eigenvalue weighted by Crippen LogP contribution is -2.57. The summed E-state index contributed by atoms with van der Waals surface area (Å²) < 4.78 is 10.4. The average Bonchev–Trinajstić information content (AvgIpc) is 2.36. The second-order valence-corrected chi connectivity index (χ2v) is 8.63. The molecule has 26 heavy (non-hydrogen) atoms. The van der Waals surface area contributed by atoms with E-state index >= 15 is 0 Å². The number of carbonyl (C=O) groups is 3. The van der Waals surface area contributed by atoms with Gasteiger partial charge in [0.05, 0.1) is 6.10 Å². The maximum Gasteiger partial charge on any atom is 0.408 e. The number of aliphatic hydroxyl groups excluding tert-OH is 1. The van der Waals surface area contributed by atoms with Crippen molar-refractivity contribution >= 4 is 18.0 Å². The zero-order valence-corrected chi connectivity index (χ0v) is 17.3. The van der Waals surface area contributed by atoms with E-state index in [9.17, 15) is 19.5 Å². The second kappa shape index (κ2) is 9.21. The number of esters is 1. The SMILES string of the molecule is CC(C)[C@H](NC(=O)[C@@H](NC(=O)OC(C)(C)C)C(C)O)C(=O)OC(C)(C)C. The molecule has 0 radical (unpaired) electrons. The standard InChI is InChI=1S/C18H34N2O6/c1-10(2)12(15(23)25-17(4,5)6)19-14(22)13(11(3)21)20-16(24)26-18(7,8)9/h10-13,21H,1-9H3,(H,19,22)(H,20,24)/t11?,12-,13-/m0/s1. The van der Waals surface area contributed by atoms with Crippen molar-refractivity contribution in [3.63, 3.8) is 0 Å². The van der Waals surface area contributed by atoms with Crippen LogP contribution in [-0.2, 0) is 19.1 Å². The van der Waals surface area contributed by atoms with Gasteiger partial charge in [-0.3, -0.25) is 4.79 Å². The van der Waals surface area contributed by atoms with Crippen LogP contribution in [0.5, 0.6) is 0 Å². The van der Waals surface area contributed by atoms with Crippen LogP contribution in [0.25, 0.3) is 0 Å². The first-order chi connectivity index (χ1) is 11.5. The summed E-state index contributed by atoms with van der Waals surface area (Å²) >= 11 is 0. The first-order valence-corrected chi connectivity index (χ1v) is 8.74. The predicted molar refractivity (Wildman–Crippen MR) is 97.5 cm³/mol. The maximum absolute atomic E-state index is 12.5. The van der Waals surface area contributed by atoms with Gasteiger partial charge in [-0.1, -0.05) is 13.8 Å². The third kappa shape index (κ3) is 9.60. The van der Waals surface area contributed by atoms with Crippen LogP contribution in [0.4, 0.5) is 4.79 Å². The van der Waals surface area contributed by atoms with Crippen molar-refractivity contribution in [2.24, 2.45) is 5.92 Å². The number of nitrogens with one attached hydrogen (secondary N) is 2. The predicted octanol–water partition coefficient (Wildman–Crippen LogP) is 1.74. The summed E-state index contributed by atoms with van der Waals surface area (Å²) in [5.41, 5.74) is -1.45. The molecule has 2 amide bonds. The summed E-state index contributed by atoms with van der Waals surface area (Å²) in [4.78, 5) is 36.8. The lowest BCUT2D eigenvalue weighted by atomic mass is 10.0. The topological polar surface area (TPSA) is 114 Å². The molecule has 0 heterocycles. The molecule has 0 aliphatic rings. The molecule has 0 aromatic heterocycles. The van der Waals surface area contributed by atoms with Gasteiger partial charge in [-0.15, -0.1) is 0 Å². The molecule has 0 fully saturated rings. The molecule has 1 unspecified atom stereocenters. The van der Waals surface area contributed by atoms with Gasteiger partial charge in [0.15, 0.2) is 0 Å². The van der Waals surface area contributed by atoms with E-state index < -0.39 is 47.4 Å².